The van der Waals surface area contributed by atoms with E-state index >= 15 is 0 Å². The number of halogens is 1. The van der Waals surface area contributed by atoms with Crippen molar-refractivity contribution in [3.63, 3.8) is 0 Å². The summed E-state index contributed by atoms with van der Waals surface area (Å²) in [6.07, 6.45) is 2.67. The van der Waals surface area contributed by atoms with Gasteiger partial charge >= 0.3 is 0 Å². The van der Waals surface area contributed by atoms with E-state index in [9.17, 15) is 8.96 Å². The van der Waals surface area contributed by atoms with Crippen molar-refractivity contribution in [1.29, 1.82) is 0 Å². The van der Waals surface area contributed by atoms with Crippen molar-refractivity contribution in [2.24, 2.45) is 0 Å². The van der Waals surface area contributed by atoms with Gasteiger partial charge in [0, 0.05) is 5.66 Å². The number of hydrogen-bond acceptors (Lipinski definition) is 1. The van der Waals surface area contributed by atoms with Gasteiger partial charge in [0.05, 0.1) is 7.14 Å². The Morgan fingerprint density at radius 1 is 1.27 bits per heavy atom. The highest BCUT2D eigenvalue weighted by Crippen LogP contribution is 2.49. The molecule has 1 rings (SSSR count). The predicted molar refractivity (Wildman–Crippen MR) is 46.6 cm³/mol. The van der Waals surface area contributed by atoms with Crippen LogP contribution in [0.5, 0.6) is 0 Å². The molecule has 1 aliphatic rings. The van der Waals surface area contributed by atoms with Gasteiger partial charge in [-0.3, -0.25) is 0 Å². The normalized spacial score (nSPS) is 33.7. The fourth-order valence-electron chi connectivity index (χ4n) is 1.77. The highest BCUT2D eigenvalue weighted by Gasteiger charge is 2.33. The van der Waals surface area contributed by atoms with Gasteiger partial charge in [-0.05, 0) is 26.2 Å². The van der Waals surface area contributed by atoms with Crippen molar-refractivity contribution in [3.8, 4) is 0 Å². The van der Waals surface area contributed by atoms with Crippen LogP contribution in [0.4, 0.5) is 4.39 Å². The van der Waals surface area contributed by atoms with Gasteiger partial charge in [0.15, 0.2) is 0 Å². The molecule has 1 aliphatic carbocycles. The molecule has 0 aliphatic heterocycles. The quantitative estimate of drug-likeness (QED) is 0.564. The van der Waals surface area contributed by atoms with E-state index in [-0.39, 0.29) is 5.66 Å². The summed E-state index contributed by atoms with van der Waals surface area (Å²) in [5, 5.41) is 0. The molecule has 0 aromatic heterocycles. The largest absolute Gasteiger partial charge is 0.324 e. The molecular weight excluding hydrogens is 162 g/mol. The molecule has 0 amide bonds. The van der Waals surface area contributed by atoms with Crippen LogP contribution in [0.3, 0.4) is 0 Å². The molecule has 1 nitrogen and oxygen atoms in total. The predicted octanol–water partition coefficient (Wildman–Crippen LogP) is 2.89. The molecule has 0 spiro atoms. The van der Waals surface area contributed by atoms with Gasteiger partial charge in [0.1, 0.15) is 6.17 Å². The second kappa shape index (κ2) is 3.26. The van der Waals surface area contributed by atoms with Crippen molar-refractivity contribution in [2.75, 3.05) is 13.3 Å². The fourth-order valence-corrected chi connectivity index (χ4v) is 3.50. The smallest absolute Gasteiger partial charge is 0.110 e. The Morgan fingerprint density at radius 2 is 1.82 bits per heavy atom. The summed E-state index contributed by atoms with van der Waals surface area (Å²) in [5.41, 5.74) is -0.142. The van der Waals surface area contributed by atoms with E-state index in [2.05, 4.69) is 0 Å². The maximum absolute atomic E-state index is 13.2. The number of rotatable bonds is 1. The second-order valence-electron chi connectivity index (χ2n) is 3.80. The number of hydrogen-bond donors (Lipinski definition) is 0. The third-order valence-electron chi connectivity index (χ3n) is 2.45. The van der Waals surface area contributed by atoms with Crippen LogP contribution in [0.15, 0.2) is 0 Å². The van der Waals surface area contributed by atoms with Gasteiger partial charge in [0.2, 0.25) is 0 Å². The molecule has 1 saturated carbocycles. The Labute approximate surface area is 67.7 Å². The lowest BCUT2D eigenvalue weighted by Gasteiger charge is -2.28. The molecule has 2 atom stereocenters. The second-order valence-corrected chi connectivity index (χ2v) is 7.33. The molecule has 0 saturated heterocycles. The lowest BCUT2D eigenvalue weighted by atomic mass is 9.98. The average Bonchev–Trinajstić information content (AvgIpc) is 1.86. The van der Waals surface area contributed by atoms with Gasteiger partial charge in [-0.25, -0.2) is 4.39 Å². The Hall–Kier alpha value is 0.160. The van der Waals surface area contributed by atoms with Crippen LogP contribution < -0.4 is 0 Å². The minimum atomic E-state index is -2.17. The van der Waals surface area contributed by atoms with E-state index in [4.69, 9.17) is 0 Å². The fraction of sp³-hybridized carbons (Fsp3) is 1.00. The molecule has 66 valence electrons. The molecule has 0 bridgehead atoms. The van der Waals surface area contributed by atoms with Gasteiger partial charge in [-0.2, -0.15) is 0 Å². The molecule has 2 unspecified atom stereocenters. The molecule has 0 N–H and O–H groups in total. The van der Waals surface area contributed by atoms with Crippen LogP contribution in [0, 0.1) is 0 Å². The topological polar surface area (TPSA) is 17.1 Å². The summed E-state index contributed by atoms with van der Waals surface area (Å²) >= 11 is 0. The highest BCUT2D eigenvalue weighted by atomic mass is 31.2. The van der Waals surface area contributed by atoms with Gasteiger partial charge in [-0.15, -0.1) is 0 Å². The van der Waals surface area contributed by atoms with E-state index in [1.165, 1.54) is 0 Å². The van der Waals surface area contributed by atoms with Crippen LogP contribution in [0.1, 0.15) is 25.7 Å². The lowest BCUT2D eigenvalue weighted by Crippen LogP contribution is -2.25. The van der Waals surface area contributed by atoms with E-state index in [0.717, 1.165) is 19.3 Å². The van der Waals surface area contributed by atoms with Gasteiger partial charge in [0.25, 0.3) is 0 Å². The summed E-state index contributed by atoms with van der Waals surface area (Å²) in [6, 6.07) is 0. The SMILES string of the molecule is CP(C)(=O)C1CCCCC1F. The maximum atomic E-state index is 13.2. The first-order valence-corrected chi connectivity index (χ1v) is 6.87. The molecule has 0 aromatic carbocycles. The van der Waals surface area contributed by atoms with Crippen molar-refractivity contribution in [1.82, 2.24) is 0 Å². The minimum absolute atomic E-state index is 0.142. The van der Waals surface area contributed by atoms with Crippen molar-refractivity contribution in [3.05, 3.63) is 0 Å². The molecule has 3 heteroatoms. The Morgan fingerprint density at radius 3 is 2.18 bits per heavy atom. The zero-order chi connectivity index (χ0) is 8.48. The van der Waals surface area contributed by atoms with E-state index in [1.807, 2.05) is 0 Å². The first-order valence-electron chi connectivity index (χ1n) is 4.20. The van der Waals surface area contributed by atoms with Crippen LogP contribution >= 0.6 is 7.14 Å². The lowest BCUT2D eigenvalue weighted by molar-refractivity contribution is 0.253. The third-order valence-corrected chi connectivity index (χ3v) is 4.63. The minimum Gasteiger partial charge on any atom is -0.324 e. The molecule has 0 radical (unpaired) electrons. The van der Waals surface area contributed by atoms with Crippen molar-refractivity contribution in [2.45, 2.75) is 37.5 Å². The standard InChI is InChI=1S/C8H16FOP/c1-11(2,10)8-6-4-3-5-7(8)9/h7-8H,3-6H2,1-2H3. The van der Waals surface area contributed by atoms with Crippen molar-refractivity contribution >= 4 is 7.14 Å². The van der Waals surface area contributed by atoms with Crippen molar-refractivity contribution < 1.29 is 8.96 Å². The molecule has 11 heavy (non-hydrogen) atoms. The number of alkyl halides is 1. The van der Waals surface area contributed by atoms with Gasteiger partial charge < -0.3 is 4.57 Å². The zero-order valence-corrected chi connectivity index (χ0v) is 8.11. The van der Waals surface area contributed by atoms with Crippen LogP contribution in [0.25, 0.3) is 0 Å². The van der Waals surface area contributed by atoms with Gasteiger partial charge in [-0.1, -0.05) is 12.8 Å². The third kappa shape index (κ3) is 2.30. The van der Waals surface area contributed by atoms with E-state index in [0.29, 0.717) is 6.42 Å². The van der Waals surface area contributed by atoms with Crippen LogP contribution in [-0.4, -0.2) is 25.2 Å². The molecule has 1 fully saturated rings. The molecular formula is C8H16FOP. The monoisotopic (exact) mass is 178 g/mol. The summed E-state index contributed by atoms with van der Waals surface area (Å²) in [7, 11) is -2.17. The summed E-state index contributed by atoms with van der Waals surface area (Å²) < 4.78 is 24.7. The summed E-state index contributed by atoms with van der Waals surface area (Å²) in [4.78, 5) is 0. The first-order chi connectivity index (χ1) is 5.02. The molecule has 0 heterocycles. The Balaban J connectivity index is 2.62. The first kappa shape index (κ1) is 9.25. The van der Waals surface area contributed by atoms with E-state index < -0.39 is 13.3 Å². The zero-order valence-electron chi connectivity index (χ0n) is 7.22. The average molecular weight is 178 g/mol. The maximum Gasteiger partial charge on any atom is 0.110 e. The van der Waals surface area contributed by atoms with E-state index in [1.54, 1.807) is 13.3 Å². The van der Waals surface area contributed by atoms with Crippen LogP contribution in [-0.2, 0) is 4.57 Å². The summed E-state index contributed by atoms with van der Waals surface area (Å²) in [5.74, 6) is 0. The highest BCUT2D eigenvalue weighted by molar-refractivity contribution is 7.63. The Bertz CT molecular complexity index is 175. The Kier molecular flexibility index (Phi) is 2.74. The summed E-state index contributed by atoms with van der Waals surface area (Å²) in [6.45, 7) is 3.41. The molecule has 0 aromatic rings. The van der Waals surface area contributed by atoms with Crippen LogP contribution in [0.2, 0.25) is 0 Å².